The largest absolute Gasteiger partial charge is 0.464 e. The summed E-state index contributed by atoms with van der Waals surface area (Å²) in [6, 6.07) is 0. The van der Waals surface area contributed by atoms with Crippen molar-refractivity contribution in [3.63, 3.8) is 0 Å². The van der Waals surface area contributed by atoms with Crippen LogP contribution in [0.5, 0.6) is 0 Å². The van der Waals surface area contributed by atoms with Crippen LogP contribution in [0.2, 0.25) is 5.15 Å². The van der Waals surface area contributed by atoms with Crippen molar-refractivity contribution in [2.45, 2.75) is 20.3 Å². The highest BCUT2D eigenvalue weighted by atomic mass is 35.5. The molecule has 8 heteroatoms. The SMILES string of the molecule is COCCc1nc2c(Cl)nc(C)c(C)c2n1NC(=O)O. The summed E-state index contributed by atoms with van der Waals surface area (Å²) in [5.74, 6) is 0.529. The molecule has 0 fully saturated rings. The number of halogens is 1. The molecule has 0 saturated carbocycles. The van der Waals surface area contributed by atoms with E-state index in [-0.39, 0.29) is 5.15 Å². The summed E-state index contributed by atoms with van der Waals surface area (Å²) in [6.45, 7) is 4.09. The molecule has 2 N–H and O–H groups in total. The van der Waals surface area contributed by atoms with Crippen LogP contribution in [0.1, 0.15) is 17.1 Å². The standard InChI is InChI=1S/C12H15ClN4O3/c1-6-7(2)14-11(13)9-10(6)17(16-12(18)19)8(15-9)4-5-20-3/h16H,4-5H2,1-3H3,(H,18,19). The summed E-state index contributed by atoms with van der Waals surface area (Å²) in [7, 11) is 1.57. The quantitative estimate of drug-likeness (QED) is 0.844. The number of carbonyl (C=O) groups is 1. The highest BCUT2D eigenvalue weighted by molar-refractivity contribution is 6.33. The molecule has 7 nitrogen and oxygen atoms in total. The van der Waals surface area contributed by atoms with Crippen LogP contribution in [0.4, 0.5) is 4.79 Å². The highest BCUT2D eigenvalue weighted by Gasteiger charge is 2.19. The van der Waals surface area contributed by atoms with Crippen LogP contribution in [-0.2, 0) is 11.2 Å². The van der Waals surface area contributed by atoms with Gasteiger partial charge in [-0.15, -0.1) is 0 Å². The van der Waals surface area contributed by atoms with Crippen molar-refractivity contribution < 1.29 is 14.6 Å². The molecule has 0 saturated heterocycles. The summed E-state index contributed by atoms with van der Waals surface area (Å²) in [6.07, 6.45) is -0.715. The van der Waals surface area contributed by atoms with E-state index >= 15 is 0 Å². The first-order chi connectivity index (χ1) is 9.45. The molecule has 0 atom stereocenters. The fourth-order valence-electron chi connectivity index (χ4n) is 1.99. The molecular formula is C12H15ClN4O3. The minimum Gasteiger partial charge on any atom is -0.464 e. The minimum absolute atomic E-state index is 0.257. The van der Waals surface area contributed by atoms with Gasteiger partial charge in [0.2, 0.25) is 0 Å². The average molecular weight is 299 g/mol. The number of methoxy groups -OCH3 is 1. The first kappa shape index (κ1) is 14.5. The zero-order valence-electron chi connectivity index (χ0n) is 11.4. The monoisotopic (exact) mass is 298 g/mol. The molecular weight excluding hydrogens is 284 g/mol. The Bertz CT molecular complexity index is 669. The predicted molar refractivity (Wildman–Crippen MR) is 75.0 cm³/mol. The Kier molecular flexibility index (Phi) is 4.10. The van der Waals surface area contributed by atoms with Crippen LogP contribution in [0, 0.1) is 13.8 Å². The molecule has 0 aromatic carbocycles. The molecule has 0 aliphatic rings. The number of aryl methyl sites for hydroxylation is 2. The Balaban J connectivity index is 2.69. The molecule has 0 radical (unpaired) electrons. The summed E-state index contributed by atoms with van der Waals surface area (Å²) < 4.78 is 6.43. The average Bonchev–Trinajstić information content (AvgIpc) is 2.72. The molecule has 20 heavy (non-hydrogen) atoms. The van der Waals surface area contributed by atoms with Crippen LogP contribution < -0.4 is 5.43 Å². The van der Waals surface area contributed by atoms with E-state index in [2.05, 4.69) is 15.4 Å². The van der Waals surface area contributed by atoms with Crippen molar-refractivity contribution in [2.75, 3.05) is 19.1 Å². The minimum atomic E-state index is -1.17. The third-order valence-corrected chi connectivity index (χ3v) is 3.31. The number of ether oxygens (including phenoxy) is 1. The van der Waals surface area contributed by atoms with Crippen LogP contribution in [-0.4, -0.2) is 39.6 Å². The molecule has 0 unspecified atom stereocenters. The van der Waals surface area contributed by atoms with Gasteiger partial charge in [0.1, 0.15) is 11.3 Å². The van der Waals surface area contributed by atoms with E-state index in [0.717, 1.165) is 11.3 Å². The van der Waals surface area contributed by atoms with Crippen LogP contribution in [0.3, 0.4) is 0 Å². The smallest absolute Gasteiger partial charge is 0.424 e. The second-order valence-electron chi connectivity index (χ2n) is 4.33. The topological polar surface area (TPSA) is 89.3 Å². The summed E-state index contributed by atoms with van der Waals surface area (Å²) in [5.41, 5.74) is 4.99. The number of nitrogens with zero attached hydrogens (tertiary/aromatic N) is 3. The summed E-state index contributed by atoms with van der Waals surface area (Å²) >= 11 is 6.10. The van der Waals surface area contributed by atoms with Crippen LogP contribution >= 0.6 is 11.6 Å². The molecule has 2 aromatic rings. The molecule has 2 heterocycles. The molecule has 0 bridgehead atoms. The third kappa shape index (κ3) is 2.54. The van der Waals surface area contributed by atoms with Crippen molar-refractivity contribution >= 4 is 28.7 Å². The maximum atomic E-state index is 11.0. The number of pyridine rings is 1. The van der Waals surface area contributed by atoms with Gasteiger partial charge in [-0.1, -0.05) is 11.6 Å². The van der Waals surface area contributed by atoms with Gasteiger partial charge in [-0.2, -0.15) is 0 Å². The van der Waals surface area contributed by atoms with Gasteiger partial charge in [-0.3, -0.25) is 0 Å². The van der Waals surface area contributed by atoms with Crippen molar-refractivity contribution in [3.8, 4) is 0 Å². The van der Waals surface area contributed by atoms with Gasteiger partial charge in [0.15, 0.2) is 5.15 Å². The number of rotatable bonds is 4. The van der Waals surface area contributed by atoms with E-state index in [4.69, 9.17) is 21.4 Å². The van der Waals surface area contributed by atoms with Crippen LogP contribution in [0.25, 0.3) is 11.0 Å². The molecule has 0 aliphatic heterocycles. The predicted octanol–water partition coefficient (Wildman–Crippen LogP) is 2.11. The Labute approximate surface area is 120 Å². The van der Waals surface area contributed by atoms with Gasteiger partial charge >= 0.3 is 6.09 Å². The number of aromatic nitrogens is 3. The third-order valence-electron chi connectivity index (χ3n) is 3.04. The van der Waals surface area contributed by atoms with E-state index in [1.807, 2.05) is 13.8 Å². The van der Waals surface area contributed by atoms with E-state index in [0.29, 0.717) is 29.9 Å². The van der Waals surface area contributed by atoms with Gasteiger partial charge in [0.05, 0.1) is 12.1 Å². The highest BCUT2D eigenvalue weighted by Crippen LogP contribution is 2.26. The second-order valence-corrected chi connectivity index (χ2v) is 4.69. The molecule has 0 spiro atoms. The van der Waals surface area contributed by atoms with Crippen molar-refractivity contribution in [1.29, 1.82) is 0 Å². The Morgan fingerprint density at radius 1 is 1.45 bits per heavy atom. The summed E-state index contributed by atoms with van der Waals surface area (Å²) in [5, 5.41) is 9.24. The number of hydrogen-bond acceptors (Lipinski definition) is 4. The Morgan fingerprint density at radius 2 is 2.15 bits per heavy atom. The van der Waals surface area contributed by atoms with Crippen molar-refractivity contribution in [2.24, 2.45) is 0 Å². The van der Waals surface area contributed by atoms with E-state index in [9.17, 15) is 4.79 Å². The normalized spacial score (nSPS) is 11.0. The molecule has 2 aromatic heterocycles. The lowest BCUT2D eigenvalue weighted by Crippen LogP contribution is -2.23. The van der Waals surface area contributed by atoms with Gasteiger partial charge in [0, 0.05) is 19.2 Å². The van der Waals surface area contributed by atoms with E-state index in [1.54, 1.807) is 7.11 Å². The second kappa shape index (κ2) is 5.64. The number of imidazole rings is 1. The first-order valence-electron chi connectivity index (χ1n) is 5.98. The maximum absolute atomic E-state index is 11.0. The first-order valence-corrected chi connectivity index (χ1v) is 6.36. The van der Waals surface area contributed by atoms with Crippen LogP contribution in [0.15, 0.2) is 0 Å². The zero-order valence-corrected chi connectivity index (χ0v) is 12.2. The lowest BCUT2D eigenvalue weighted by atomic mass is 10.2. The number of fused-ring (bicyclic) bond motifs is 1. The van der Waals surface area contributed by atoms with E-state index in [1.165, 1.54) is 4.68 Å². The fourth-order valence-corrected chi connectivity index (χ4v) is 2.25. The van der Waals surface area contributed by atoms with Gasteiger partial charge in [-0.25, -0.2) is 24.9 Å². The summed E-state index contributed by atoms with van der Waals surface area (Å²) in [4.78, 5) is 19.5. The molecule has 1 amide bonds. The zero-order chi connectivity index (χ0) is 14.9. The fraction of sp³-hybridized carbons (Fsp3) is 0.417. The maximum Gasteiger partial charge on any atom is 0.424 e. The lowest BCUT2D eigenvalue weighted by Gasteiger charge is -2.10. The van der Waals surface area contributed by atoms with E-state index < -0.39 is 6.09 Å². The Morgan fingerprint density at radius 3 is 2.75 bits per heavy atom. The lowest BCUT2D eigenvalue weighted by molar-refractivity contribution is 0.198. The molecule has 0 aliphatic carbocycles. The van der Waals surface area contributed by atoms with Gasteiger partial charge in [0.25, 0.3) is 0 Å². The molecule has 108 valence electrons. The number of carboxylic acid groups (broad SMARTS) is 1. The number of hydrogen-bond donors (Lipinski definition) is 2. The van der Waals surface area contributed by atoms with Crippen molar-refractivity contribution in [3.05, 3.63) is 22.2 Å². The van der Waals surface area contributed by atoms with Gasteiger partial charge < -0.3 is 9.84 Å². The number of amides is 1. The van der Waals surface area contributed by atoms with Gasteiger partial charge in [-0.05, 0) is 19.4 Å². The van der Waals surface area contributed by atoms with Crippen molar-refractivity contribution in [1.82, 2.24) is 14.6 Å². The molecule has 2 rings (SSSR count). The Hall–Kier alpha value is -1.86. The number of nitrogens with one attached hydrogen (secondary N) is 1.